The number of piperidine rings is 1. The van der Waals surface area contributed by atoms with Crippen molar-refractivity contribution in [2.75, 3.05) is 13.2 Å². The Labute approximate surface area is 201 Å². The van der Waals surface area contributed by atoms with Crippen LogP contribution in [-0.2, 0) is 25.4 Å². The minimum Gasteiger partial charge on any atom is -0.504 e. The standard InChI is InChI=1S/C24H29NO10/c1-2-11-13-6-15-12-7-17(28)16(27)5-10(12)3-4-25(15)22(32)14(13)9-33-23(11)35-24-21(31)20(30)19(29)18(8-26)34-24/h2,5,7,9,11,13,15,18-21,23-24,26-31H,1,3-4,6,8H2/t11-,13+,15+,18-,19-,20+,21-,23+,24+/m1/s1. The van der Waals surface area contributed by atoms with Crippen molar-refractivity contribution >= 4 is 5.91 Å². The van der Waals surface area contributed by atoms with E-state index in [1.165, 1.54) is 18.4 Å². The van der Waals surface area contributed by atoms with Crippen LogP contribution in [0.4, 0.5) is 0 Å². The number of aliphatic hydroxyl groups excluding tert-OH is 4. The smallest absolute Gasteiger partial charge is 0.253 e. The summed E-state index contributed by atoms with van der Waals surface area (Å²) in [6.45, 7) is 3.73. The van der Waals surface area contributed by atoms with Gasteiger partial charge < -0.3 is 49.7 Å². The molecule has 0 saturated carbocycles. The molecule has 5 rings (SSSR count). The van der Waals surface area contributed by atoms with Crippen LogP contribution < -0.4 is 0 Å². The van der Waals surface area contributed by atoms with E-state index in [2.05, 4.69) is 6.58 Å². The molecular formula is C24H29NO10. The summed E-state index contributed by atoms with van der Waals surface area (Å²) in [5.41, 5.74) is 2.07. The number of ether oxygens (including phenoxy) is 3. The van der Waals surface area contributed by atoms with E-state index in [9.17, 15) is 35.4 Å². The number of nitrogens with zero attached hydrogens (tertiary/aromatic N) is 1. The molecule has 0 bridgehead atoms. The van der Waals surface area contributed by atoms with Crippen LogP contribution in [0.5, 0.6) is 11.5 Å². The van der Waals surface area contributed by atoms with Gasteiger partial charge in [-0.15, -0.1) is 6.58 Å². The van der Waals surface area contributed by atoms with Gasteiger partial charge in [0.1, 0.15) is 24.4 Å². The zero-order valence-corrected chi connectivity index (χ0v) is 18.8. The number of phenolic OH excluding ortho intramolecular Hbond substituents is 2. The number of rotatable bonds is 4. The number of carbonyl (C=O) groups is 1. The summed E-state index contributed by atoms with van der Waals surface area (Å²) in [6, 6.07) is 2.68. The van der Waals surface area contributed by atoms with Gasteiger partial charge in [-0.1, -0.05) is 6.08 Å². The quantitative estimate of drug-likeness (QED) is 0.236. The van der Waals surface area contributed by atoms with Gasteiger partial charge in [0, 0.05) is 18.4 Å². The summed E-state index contributed by atoms with van der Waals surface area (Å²) in [6.07, 6.45) is -4.35. The first-order valence-electron chi connectivity index (χ1n) is 11.5. The predicted octanol–water partition coefficient (Wildman–Crippen LogP) is -0.598. The van der Waals surface area contributed by atoms with Gasteiger partial charge in [-0.3, -0.25) is 4.79 Å². The average molecular weight is 491 g/mol. The molecule has 1 amide bonds. The molecule has 4 aliphatic rings. The van der Waals surface area contributed by atoms with Crippen molar-refractivity contribution in [2.45, 2.75) is 55.9 Å². The zero-order chi connectivity index (χ0) is 25.0. The fraction of sp³-hybridized carbons (Fsp3) is 0.542. The molecule has 0 aromatic heterocycles. The van der Waals surface area contributed by atoms with Gasteiger partial charge in [0.05, 0.1) is 24.5 Å². The van der Waals surface area contributed by atoms with Crippen LogP contribution >= 0.6 is 0 Å². The van der Waals surface area contributed by atoms with Gasteiger partial charge in [0.15, 0.2) is 17.8 Å². The highest BCUT2D eigenvalue weighted by molar-refractivity contribution is 5.95. The number of fused-ring (bicyclic) bond motifs is 4. The molecule has 11 heteroatoms. The zero-order valence-electron chi connectivity index (χ0n) is 18.8. The summed E-state index contributed by atoms with van der Waals surface area (Å²) >= 11 is 0. The normalized spacial score (nSPS) is 38.5. The van der Waals surface area contributed by atoms with E-state index < -0.39 is 49.5 Å². The lowest BCUT2D eigenvalue weighted by molar-refractivity contribution is -0.339. The largest absolute Gasteiger partial charge is 0.504 e. The van der Waals surface area contributed by atoms with Crippen molar-refractivity contribution in [3.05, 3.63) is 47.7 Å². The predicted molar refractivity (Wildman–Crippen MR) is 118 cm³/mol. The van der Waals surface area contributed by atoms with Crippen molar-refractivity contribution in [3.8, 4) is 11.5 Å². The topological polar surface area (TPSA) is 169 Å². The van der Waals surface area contributed by atoms with Crippen LogP contribution in [0.2, 0.25) is 0 Å². The lowest BCUT2D eigenvalue weighted by Gasteiger charge is -2.48. The summed E-state index contributed by atoms with van der Waals surface area (Å²) in [5, 5.41) is 59.9. The van der Waals surface area contributed by atoms with E-state index >= 15 is 0 Å². The first kappa shape index (κ1) is 24.0. The van der Waals surface area contributed by atoms with Crippen LogP contribution in [0.3, 0.4) is 0 Å². The molecule has 0 unspecified atom stereocenters. The number of carbonyl (C=O) groups excluding carboxylic acids is 1. The number of benzene rings is 1. The first-order chi connectivity index (χ1) is 16.7. The highest BCUT2D eigenvalue weighted by atomic mass is 16.8. The maximum Gasteiger partial charge on any atom is 0.253 e. The fourth-order valence-electron chi connectivity index (χ4n) is 5.55. The Bertz CT molecular complexity index is 1040. The van der Waals surface area contributed by atoms with Crippen molar-refractivity contribution < 1.29 is 49.6 Å². The molecule has 0 aliphatic carbocycles. The SMILES string of the molecule is C=C[C@H]1[C@H](O[C@@H]2O[C@H](CO)[C@@H](O)[C@H](O)[C@H]2O)OC=C2C(=O)N3CCc4cc(O)c(O)cc4[C@@H]3C[C@H]21. The van der Waals surface area contributed by atoms with Gasteiger partial charge in [0.25, 0.3) is 5.91 Å². The maximum absolute atomic E-state index is 13.4. The summed E-state index contributed by atoms with van der Waals surface area (Å²) < 4.78 is 17.0. The van der Waals surface area contributed by atoms with Gasteiger partial charge in [-0.25, -0.2) is 0 Å². The molecule has 9 atom stereocenters. The monoisotopic (exact) mass is 491 g/mol. The average Bonchev–Trinajstić information content (AvgIpc) is 2.85. The molecule has 190 valence electrons. The Morgan fingerprint density at radius 2 is 1.86 bits per heavy atom. The van der Waals surface area contributed by atoms with Gasteiger partial charge in [0.2, 0.25) is 6.29 Å². The minimum atomic E-state index is -1.60. The van der Waals surface area contributed by atoms with Crippen LogP contribution in [0.25, 0.3) is 0 Å². The molecular weight excluding hydrogens is 462 g/mol. The Balaban J connectivity index is 1.41. The van der Waals surface area contributed by atoms with Gasteiger partial charge in [-0.05, 0) is 36.1 Å². The van der Waals surface area contributed by atoms with E-state index in [1.807, 2.05) is 0 Å². The Morgan fingerprint density at radius 3 is 2.57 bits per heavy atom. The Hall–Kier alpha value is -2.67. The van der Waals surface area contributed by atoms with E-state index in [0.29, 0.717) is 25.0 Å². The third-order valence-electron chi connectivity index (χ3n) is 7.48. The van der Waals surface area contributed by atoms with E-state index in [4.69, 9.17) is 14.2 Å². The van der Waals surface area contributed by atoms with E-state index in [0.717, 1.165) is 11.1 Å². The second kappa shape index (κ2) is 9.08. The third-order valence-corrected chi connectivity index (χ3v) is 7.48. The third kappa shape index (κ3) is 3.88. The highest BCUT2D eigenvalue weighted by Gasteiger charge is 2.50. The molecule has 1 aromatic carbocycles. The van der Waals surface area contributed by atoms with Crippen molar-refractivity contribution in [1.29, 1.82) is 0 Å². The lowest BCUT2D eigenvalue weighted by atomic mass is 9.73. The Morgan fingerprint density at radius 1 is 1.11 bits per heavy atom. The first-order valence-corrected chi connectivity index (χ1v) is 11.5. The minimum absolute atomic E-state index is 0.206. The van der Waals surface area contributed by atoms with Crippen molar-refractivity contribution in [3.63, 3.8) is 0 Å². The maximum atomic E-state index is 13.4. The van der Waals surface area contributed by atoms with Gasteiger partial charge in [-0.2, -0.15) is 0 Å². The van der Waals surface area contributed by atoms with Crippen LogP contribution in [-0.4, -0.2) is 91.6 Å². The second-order valence-electron chi connectivity index (χ2n) is 9.37. The molecule has 1 aromatic rings. The molecule has 2 saturated heterocycles. The molecule has 2 fully saturated rings. The van der Waals surface area contributed by atoms with E-state index in [-0.39, 0.29) is 29.4 Å². The number of hydrogen-bond acceptors (Lipinski definition) is 10. The molecule has 35 heavy (non-hydrogen) atoms. The lowest BCUT2D eigenvalue weighted by Crippen LogP contribution is -2.60. The van der Waals surface area contributed by atoms with Crippen LogP contribution in [0.15, 0.2) is 36.6 Å². The molecule has 4 heterocycles. The second-order valence-corrected chi connectivity index (χ2v) is 9.37. The van der Waals surface area contributed by atoms with Crippen LogP contribution in [0, 0.1) is 11.8 Å². The fourth-order valence-corrected chi connectivity index (χ4v) is 5.55. The number of aliphatic hydroxyl groups is 4. The summed E-state index contributed by atoms with van der Waals surface area (Å²) in [5.74, 6) is -1.57. The molecule has 4 aliphatic heterocycles. The summed E-state index contributed by atoms with van der Waals surface area (Å²) in [7, 11) is 0. The van der Waals surface area contributed by atoms with Crippen LogP contribution in [0.1, 0.15) is 23.6 Å². The van der Waals surface area contributed by atoms with Crippen molar-refractivity contribution in [1.82, 2.24) is 4.90 Å². The van der Waals surface area contributed by atoms with Gasteiger partial charge >= 0.3 is 0 Å². The highest BCUT2D eigenvalue weighted by Crippen LogP contribution is 2.49. The summed E-state index contributed by atoms with van der Waals surface area (Å²) in [4.78, 5) is 15.1. The molecule has 0 spiro atoms. The number of hydrogen-bond donors (Lipinski definition) is 6. The van der Waals surface area contributed by atoms with E-state index in [1.54, 1.807) is 11.0 Å². The molecule has 6 N–H and O–H groups in total. The number of phenols is 2. The van der Waals surface area contributed by atoms with Crippen molar-refractivity contribution in [2.24, 2.45) is 11.8 Å². The number of aromatic hydroxyl groups is 2. The molecule has 0 radical (unpaired) electrons. The Kier molecular flexibility index (Phi) is 6.24. The molecule has 11 nitrogen and oxygen atoms in total. The number of amides is 1.